The van der Waals surface area contributed by atoms with Crippen LogP contribution in [-0.2, 0) is 0 Å². The molecule has 5 nitrogen and oxygen atoms in total. The van der Waals surface area contributed by atoms with Crippen molar-refractivity contribution in [3.8, 4) is 45.5 Å². The number of rotatable bonds is 5. The summed E-state index contributed by atoms with van der Waals surface area (Å²) in [6.45, 7) is 0. The number of hydrogen-bond donors (Lipinski definition) is 0. The normalized spacial score (nSPS) is 12.2. The van der Waals surface area contributed by atoms with E-state index >= 15 is 0 Å². The van der Waals surface area contributed by atoms with Gasteiger partial charge in [0.05, 0.1) is 22.1 Å². The molecule has 0 aliphatic heterocycles. The van der Waals surface area contributed by atoms with E-state index < -0.39 is 0 Å². The topological polar surface area (TPSA) is 48.5 Å². The summed E-state index contributed by atoms with van der Waals surface area (Å²) in [7, 11) is 0. The van der Waals surface area contributed by atoms with Crippen LogP contribution in [0.15, 0.2) is 261 Å². The van der Waals surface area contributed by atoms with Gasteiger partial charge in [0.25, 0.3) is 0 Å². The van der Waals surface area contributed by atoms with E-state index in [1.165, 1.54) is 95.8 Å². The third kappa shape index (κ3) is 6.57. The molecule has 0 aliphatic rings. The number of hydrogen-bond acceptors (Lipinski definition) is 4. The zero-order valence-electron chi connectivity index (χ0n) is 43.5. The molecule has 374 valence electrons. The van der Waals surface area contributed by atoms with Crippen LogP contribution in [0.5, 0.6) is 0 Å². The van der Waals surface area contributed by atoms with Crippen molar-refractivity contribution in [2.24, 2.45) is 0 Å². The minimum Gasteiger partial charge on any atom is -0.309 e. The van der Waals surface area contributed by atoms with E-state index in [9.17, 15) is 0 Å². The Morgan fingerprint density at radius 3 is 1.09 bits per heavy atom. The van der Waals surface area contributed by atoms with Crippen LogP contribution >= 0.6 is 11.3 Å². The number of para-hydroxylation sites is 2. The highest BCUT2D eigenvalue weighted by Gasteiger charge is 2.22. The Morgan fingerprint density at radius 2 is 0.580 bits per heavy atom. The Hall–Kier alpha value is -10.5. The first kappa shape index (κ1) is 44.5. The molecule has 0 radical (unpaired) electrons. The standard InChI is InChI=1S/C75H43N5S/c1-3-19-53-49(15-1)51-17-5-7-21-55(51)62-41-46(29-34-57(53)62)73-76-74(47-30-35-58-54-20-4-2-16-50(54)52-18-6-8-22-56(52)63(58)42-47)78-75(77-73)80-68-27-13-10-24-60(68)65-40-45(32-37-70(65)80)44-31-36-69-64(39-44)59-23-9-12-26-67(59)79(69)48-33-38-72-66(43-48)61-25-11-14-28-71(61)81-72/h1-43H. The fourth-order valence-electron chi connectivity index (χ4n) is 13.5. The molecule has 0 atom stereocenters. The molecule has 0 amide bonds. The highest BCUT2D eigenvalue weighted by Crippen LogP contribution is 2.43. The minimum absolute atomic E-state index is 0.559. The summed E-state index contributed by atoms with van der Waals surface area (Å²) >= 11 is 1.86. The minimum atomic E-state index is 0.559. The lowest BCUT2D eigenvalue weighted by atomic mass is 9.93. The van der Waals surface area contributed by atoms with Gasteiger partial charge in [-0.05, 0) is 149 Å². The summed E-state index contributed by atoms with van der Waals surface area (Å²) in [4.78, 5) is 16.5. The first-order valence-electron chi connectivity index (χ1n) is 27.6. The van der Waals surface area contributed by atoms with Crippen molar-refractivity contribution in [3.05, 3.63) is 261 Å². The Morgan fingerprint density at radius 1 is 0.222 bits per heavy atom. The van der Waals surface area contributed by atoms with Gasteiger partial charge in [0, 0.05) is 58.5 Å². The van der Waals surface area contributed by atoms with E-state index in [1.807, 2.05) is 11.3 Å². The van der Waals surface area contributed by atoms with Crippen LogP contribution < -0.4 is 0 Å². The molecule has 0 saturated carbocycles. The Kier molecular flexibility index (Phi) is 9.32. The van der Waals surface area contributed by atoms with Gasteiger partial charge in [-0.1, -0.05) is 188 Å². The van der Waals surface area contributed by atoms with Crippen LogP contribution in [0.3, 0.4) is 0 Å². The van der Waals surface area contributed by atoms with Crippen LogP contribution in [0.1, 0.15) is 0 Å². The monoisotopic (exact) mass is 1050 g/mol. The first-order valence-corrected chi connectivity index (χ1v) is 28.4. The smallest absolute Gasteiger partial charge is 0.238 e. The predicted molar refractivity (Wildman–Crippen MR) is 343 cm³/mol. The van der Waals surface area contributed by atoms with Crippen molar-refractivity contribution < 1.29 is 0 Å². The molecule has 0 spiro atoms. The van der Waals surface area contributed by atoms with Crippen LogP contribution in [0.2, 0.25) is 0 Å². The van der Waals surface area contributed by atoms with Crippen LogP contribution in [-0.4, -0.2) is 24.1 Å². The molecule has 81 heavy (non-hydrogen) atoms. The summed E-state index contributed by atoms with van der Waals surface area (Å²) < 4.78 is 7.28. The molecule has 4 heterocycles. The molecular formula is C75H43N5S. The third-order valence-corrected chi connectivity index (χ3v) is 18.3. The lowest BCUT2D eigenvalue weighted by Crippen LogP contribution is -2.06. The van der Waals surface area contributed by atoms with Gasteiger partial charge in [-0.2, -0.15) is 9.97 Å². The Bertz CT molecular complexity index is 5500. The molecule has 0 saturated heterocycles. The van der Waals surface area contributed by atoms with Gasteiger partial charge < -0.3 is 4.57 Å². The van der Waals surface area contributed by atoms with Crippen molar-refractivity contribution in [2.45, 2.75) is 0 Å². The predicted octanol–water partition coefficient (Wildman–Crippen LogP) is 20.4. The molecule has 4 aromatic heterocycles. The maximum absolute atomic E-state index is 5.51. The van der Waals surface area contributed by atoms with Crippen molar-refractivity contribution >= 4 is 140 Å². The van der Waals surface area contributed by atoms with Crippen LogP contribution in [0, 0.1) is 0 Å². The number of fused-ring (bicyclic) bond motifs is 21. The van der Waals surface area contributed by atoms with E-state index in [-0.39, 0.29) is 0 Å². The zero-order chi connectivity index (χ0) is 52.9. The zero-order valence-corrected chi connectivity index (χ0v) is 44.3. The average Bonchev–Trinajstić information content (AvgIpc) is 4.28. The van der Waals surface area contributed by atoms with Gasteiger partial charge in [-0.15, -0.1) is 11.3 Å². The van der Waals surface area contributed by atoms with E-state index in [4.69, 9.17) is 15.0 Å². The summed E-state index contributed by atoms with van der Waals surface area (Å²) in [5.41, 5.74) is 9.70. The second-order valence-corrected chi connectivity index (χ2v) is 22.5. The van der Waals surface area contributed by atoms with E-state index in [1.54, 1.807) is 0 Å². The number of benzene rings is 14. The molecule has 0 N–H and O–H groups in total. The maximum atomic E-state index is 5.51. The molecule has 18 rings (SSSR count). The third-order valence-electron chi connectivity index (χ3n) is 17.1. The summed E-state index contributed by atoms with van der Waals surface area (Å²) in [6.07, 6.45) is 0. The number of thiophene rings is 1. The fourth-order valence-corrected chi connectivity index (χ4v) is 14.6. The molecule has 0 fully saturated rings. The van der Waals surface area contributed by atoms with Gasteiger partial charge in [-0.3, -0.25) is 4.57 Å². The lowest BCUT2D eigenvalue weighted by Gasteiger charge is -2.14. The SMILES string of the molecule is c1ccc2c(c1)sc1ccc(-n3c4ccccc4c4cc(-c5ccc6c(c5)c5ccccc5n6-c5nc(-c6ccc7c8ccccc8c8ccccc8c7c6)nc(-c6ccc7c8ccccc8c8ccccc8c7c6)n5)ccc43)cc12. The largest absolute Gasteiger partial charge is 0.309 e. The molecule has 6 heteroatoms. The molecule has 18 aromatic rings. The second kappa shape index (κ2) is 17.0. The van der Waals surface area contributed by atoms with Gasteiger partial charge in [-0.25, -0.2) is 4.98 Å². The summed E-state index contributed by atoms with van der Waals surface area (Å²) in [6, 6.07) is 95.3. The Labute approximate surface area is 467 Å². The van der Waals surface area contributed by atoms with Crippen LogP contribution in [0.4, 0.5) is 0 Å². The fraction of sp³-hybridized carbons (Fsp3) is 0. The number of aromatic nitrogens is 5. The second-order valence-electron chi connectivity index (χ2n) is 21.4. The van der Waals surface area contributed by atoms with E-state index in [0.29, 0.717) is 17.6 Å². The quantitative estimate of drug-likeness (QED) is 0.161. The Balaban J connectivity index is 0.834. The maximum Gasteiger partial charge on any atom is 0.238 e. The molecule has 0 unspecified atom stereocenters. The van der Waals surface area contributed by atoms with E-state index in [2.05, 4.69) is 270 Å². The summed E-state index contributed by atoms with van der Waals surface area (Å²) in [5, 5.41) is 21.8. The number of nitrogens with zero attached hydrogens (tertiary/aromatic N) is 5. The molecular weight excluding hydrogens is 1000 g/mol. The van der Waals surface area contributed by atoms with Gasteiger partial charge >= 0.3 is 0 Å². The lowest BCUT2D eigenvalue weighted by molar-refractivity contribution is 0.954. The van der Waals surface area contributed by atoms with Crippen molar-refractivity contribution in [1.29, 1.82) is 0 Å². The molecule has 0 aliphatic carbocycles. The van der Waals surface area contributed by atoms with Crippen molar-refractivity contribution in [2.75, 3.05) is 0 Å². The highest BCUT2D eigenvalue weighted by atomic mass is 32.1. The van der Waals surface area contributed by atoms with Gasteiger partial charge in [0.2, 0.25) is 5.95 Å². The molecule has 0 bridgehead atoms. The highest BCUT2D eigenvalue weighted by molar-refractivity contribution is 7.25. The van der Waals surface area contributed by atoms with E-state index in [0.717, 1.165) is 60.5 Å². The van der Waals surface area contributed by atoms with Crippen LogP contribution in [0.25, 0.3) is 174 Å². The van der Waals surface area contributed by atoms with Crippen molar-refractivity contribution in [1.82, 2.24) is 24.1 Å². The molecule has 14 aromatic carbocycles. The van der Waals surface area contributed by atoms with Gasteiger partial charge in [0.1, 0.15) is 0 Å². The average molecular weight is 1050 g/mol. The first-order chi connectivity index (χ1) is 40.1. The summed E-state index contributed by atoms with van der Waals surface area (Å²) in [5.74, 6) is 1.77. The van der Waals surface area contributed by atoms with Gasteiger partial charge in [0.15, 0.2) is 11.6 Å². The van der Waals surface area contributed by atoms with Crippen molar-refractivity contribution in [3.63, 3.8) is 0 Å².